The fraction of sp³-hybridized carbons (Fsp3) is 0.286. The largest absolute Gasteiger partial charge is 0.378 e. The molecule has 1 rings (SSSR count). The van der Waals surface area contributed by atoms with E-state index in [0.717, 1.165) is 6.42 Å². The van der Waals surface area contributed by atoms with Gasteiger partial charge in [-0.25, -0.2) is 0 Å². The summed E-state index contributed by atoms with van der Waals surface area (Å²) in [6.07, 6.45) is 9.34. The Bertz CT molecular complexity index is 331. The number of benzene rings is 1. The maximum atomic E-state index is 2.18. The van der Waals surface area contributed by atoms with E-state index in [9.17, 15) is 0 Å². The van der Waals surface area contributed by atoms with Crippen molar-refractivity contribution in [2.45, 2.75) is 13.3 Å². The molecule has 1 heteroatoms. The van der Waals surface area contributed by atoms with Crippen LogP contribution < -0.4 is 4.90 Å². The van der Waals surface area contributed by atoms with Gasteiger partial charge in [-0.05, 0) is 31.0 Å². The lowest BCUT2D eigenvalue weighted by molar-refractivity contribution is 1.12. The molecule has 1 aromatic carbocycles. The fourth-order valence-electron chi connectivity index (χ4n) is 1.32. The van der Waals surface area contributed by atoms with E-state index in [1.54, 1.807) is 0 Å². The van der Waals surface area contributed by atoms with Crippen LogP contribution in [0, 0.1) is 0 Å². The summed E-state index contributed by atoms with van der Waals surface area (Å²) in [7, 11) is 4.11. The molecule has 0 saturated carbocycles. The second-order valence-electron chi connectivity index (χ2n) is 3.72. The Labute approximate surface area is 92.7 Å². The van der Waals surface area contributed by atoms with Gasteiger partial charge < -0.3 is 4.90 Å². The van der Waals surface area contributed by atoms with Crippen molar-refractivity contribution >= 4 is 5.69 Å². The lowest BCUT2D eigenvalue weighted by Crippen LogP contribution is -2.08. The normalized spacial score (nSPS) is 11.4. The molecule has 0 aliphatic rings. The zero-order valence-electron chi connectivity index (χ0n) is 9.77. The number of hydrogen-bond donors (Lipinski definition) is 0. The molecule has 0 aliphatic carbocycles. The summed E-state index contributed by atoms with van der Waals surface area (Å²) in [6, 6.07) is 8.66. The monoisotopic (exact) mass is 201 g/mol. The van der Waals surface area contributed by atoms with E-state index < -0.39 is 0 Å². The fourth-order valence-corrected chi connectivity index (χ4v) is 1.32. The summed E-state index contributed by atoms with van der Waals surface area (Å²) in [5, 5.41) is 0. The van der Waals surface area contributed by atoms with Crippen LogP contribution in [0.2, 0.25) is 0 Å². The van der Waals surface area contributed by atoms with E-state index >= 15 is 0 Å². The lowest BCUT2D eigenvalue weighted by atomic mass is 10.1. The Morgan fingerprint density at radius 2 is 1.73 bits per heavy atom. The van der Waals surface area contributed by atoms with Crippen molar-refractivity contribution in [2.75, 3.05) is 19.0 Å². The van der Waals surface area contributed by atoms with Crippen LogP contribution in [0.3, 0.4) is 0 Å². The van der Waals surface area contributed by atoms with Crippen LogP contribution in [0.15, 0.2) is 48.6 Å². The van der Waals surface area contributed by atoms with Crippen molar-refractivity contribution in [1.82, 2.24) is 0 Å². The highest BCUT2D eigenvalue weighted by Crippen LogP contribution is 2.12. The van der Waals surface area contributed by atoms with Crippen LogP contribution in [0.4, 0.5) is 5.69 Å². The Morgan fingerprint density at radius 1 is 1.07 bits per heavy atom. The van der Waals surface area contributed by atoms with Gasteiger partial charge in [0.2, 0.25) is 0 Å². The van der Waals surface area contributed by atoms with Gasteiger partial charge in [0, 0.05) is 19.8 Å². The van der Waals surface area contributed by atoms with E-state index in [1.807, 2.05) is 19.1 Å². The lowest BCUT2D eigenvalue weighted by Gasteiger charge is -2.12. The third-order valence-corrected chi connectivity index (χ3v) is 2.25. The highest BCUT2D eigenvalue weighted by Gasteiger charge is 1.93. The Kier molecular flexibility index (Phi) is 4.69. The molecular formula is C14H19N. The summed E-state index contributed by atoms with van der Waals surface area (Å²) in [5.41, 5.74) is 2.59. The van der Waals surface area contributed by atoms with E-state index in [4.69, 9.17) is 0 Å². The molecule has 0 amide bonds. The minimum Gasteiger partial charge on any atom is -0.378 e. The first-order valence-electron chi connectivity index (χ1n) is 5.28. The summed E-state index contributed by atoms with van der Waals surface area (Å²) >= 11 is 0. The molecule has 0 fully saturated rings. The molecule has 0 bridgehead atoms. The van der Waals surface area contributed by atoms with Crippen LogP contribution in [-0.2, 0) is 6.42 Å². The molecule has 0 radical (unpaired) electrons. The predicted molar refractivity (Wildman–Crippen MR) is 68.4 cm³/mol. The molecule has 0 heterocycles. The third kappa shape index (κ3) is 4.03. The SMILES string of the molecule is CC=CC=CCc1ccc(N(C)C)cc1. The van der Waals surface area contributed by atoms with Gasteiger partial charge >= 0.3 is 0 Å². The molecule has 0 N–H and O–H groups in total. The van der Waals surface area contributed by atoms with Gasteiger partial charge in [-0.1, -0.05) is 36.4 Å². The van der Waals surface area contributed by atoms with Gasteiger partial charge in [-0.2, -0.15) is 0 Å². The average molecular weight is 201 g/mol. The predicted octanol–water partition coefficient (Wildman–Crippen LogP) is 3.43. The molecular weight excluding hydrogens is 182 g/mol. The Morgan fingerprint density at radius 3 is 2.27 bits per heavy atom. The minimum absolute atomic E-state index is 0.998. The van der Waals surface area contributed by atoms with Crippen molar-refractivity contribution in [3.63, 3.8) is 0 Å². The summed E-state index contributed by atoms with van der Waals surface area (Å²) < 4.78 is 0. The zero-order chi connectivity index (χ0) is 11.1. The van der Waals surface area contributed by atoms with Crippen LogP contribution >= 0.6 is 0 Å². The van der Waals surface area contributed by atoms with Gasteiger partial charge in [0.1, 0.15) is 0 Å². The van der Waals surface area contributed by atoms with Crippen molar-refractivity contribution in [3.8, 4) is 0 Å². The van der Waals surface area contributed by atoms with Crippen molar-refractivity contribution in [3.05, 3.63) is 54.1 Å². The van der Waals surface area contributed by atoms with Gasteiger partial charge in [-0.3, -0.25) is 0 Å². The third-order valence-electron chi connectivity index (χ3n) is 2.25. The standard InChI is InChI=1S/C14H19N/c1-4-5-6-7-8-13-9-11-14(12-10-13)15(2)3/h4-7,9-12H,8H2,1-3H3. The molecule has 0 spiro atoms. The maximum Gasteiger partial charge on any atom is 0.0361 e. The zero-order valence-corrected chi connectivity index (χ0v) is 9.77. The van der Waals surface area contributed by atoms with Crippen molar-refractivity contribution in [2.24, 2.45) is 0 Å². The van der Waals surface area contributed by atoms with Crippen molar-refractivity contribution in [1.29, 1.82) is 0 Å². The number of rotatable bonds is 4. The van der Waals surface area contributed by atoms with Crippen LogP contribution in [-0.4, -0.2) is 14.1 Å². The molecule has 0 unspecified atom stereocenters. The second-order valence-corrected chi connectivity index (χ2v) is 3.72. The first-order valence-corrected chi connectivity index (χ1v) is 5.28. The average Bonchev–Trinajstić information content (AvgIpc) is 2.25. The molecule has 80 valence electrons. The first kappa shape index (κ1) is 11.6. The topological polar surface area (TPSA) is 3.24 Å². The molecule has 1 nitrogen and oxygen atoms in total. The first-order chi connectivity index (χ1) is 7.24. The molecule has 15 heavy (non-hydrogen) atoms. The number of anilines is 1. The summed E-state index contributed by atoms with van der Waals surface area (Å²) in [4.78, 5) is 2.11. The Hall–Kier alpha value is -1.50. The summed E-state index contributed by atoms with van der Waals surface area (Å²) in [5.74, 6) is 0. The molecule has 0 aromatic heterocycles. The second kappa shape index (κ2) is 6.07. The summed E-state index contributed by atoms with van der Waals surface area (Å²) in [6.45, 7) is 2.02. The maximum absolute atomic E-state index is 2.18. The number of hydrogen-bond acceptors (Lipinski definition) is 1. The van der Waals surface area contributed by atoms with Gasteiger partial charge in [0.05, 0.1) is 0 Å². The van der Waals surface area contributed by atoms with Crippen LogP contribution in [0.1, 0.15) is 12.5 Å². The van der Waals surface area contributed by atoms with E-state index in [0.29, 0.717) is 0 Å². The smallest absolute Gasteiger partial charge is 0.0361 e. The highest BCUT2D eigenvalue weighted by molar-refractivity contribution is 5.46. The van der Waals surface area contributed by atoms with E-state index in [-0.39, 0.29) is 0 Å². The number of nitrogens with zero attached hydrogens (tertiary/aromatic N) is 1. The quantitative estimate of drug-likeness (QED) is 0.675. The van der Waals surface area contributed by atoms with E-state index in [2.05, 4.69) is 55.4 Å². The van der Waals surface area contributed by atoms with Gasteiger partial charge in [0.15, 0.2) is 0 Å². The van der Waals surface area contributed by atoms with Gasteiger partial charge in [0.25, 0.3) is 0 Å². The molecule has 0 aliphatic heterocycles. The molecule has 0 atom stereocenters. The highest BCUT2D eigenvalue weighted by atomic mass is 15.1. The molecule has 0 saturated heterocycles. The van der Waals surface area contributed by atoms with E-state index in [1.165, 1.54) is 11.3 Å². The van der Waals surface area contributed by atoms with Crippen LogP contribution in [0.5, 0.6) is 0 Å². The van der Waals surface area contributed by atoms with Gasteiger partial charge in [-0.15, -0.1) is 0 Å². The Balaban J connectivity index is 2.57. The van der Waals surface area contributed by atoms with Crippen LogP contribution in [0.25, 0.3) is 0 Å². The minimum atomic E-state index is 0.998. The number of allylic oxidation sites excluding steroid dienone is 4. The molecule has 1 aromatic rings. The van der Waals surface area contributed by atoms with Crippen molar-refractivity contribution < 1.29 is 0 Å².